The summed E-state index contributed by atoms with van der Waals surface area (Å²) in [5.41, 5.74) is 1.22. The maximum atomic E-state index is 12.1. The van der Waals surface area contributed by atoms with E-state index >= 15 is 0 Å². The van der Waals surface area contributed by atoms with Crippen LogP contribution in [0.1, 0.15) is 20.3 Å². The number of hydrogen-bond donors (Lipinski definition) is 2. The molecule has 2 aromatic carbocycles. The lowest BCUT2D eigenvalue weighted by Gasteiger charge is -2.11. The molecule has 0 spiro atoms. The molecule has 2 rings (SSSR count). The van der Waals surface area contributed by atoms with Crippen LogP contribution in [0.25, 0.3) is 0 Å². The van der Waals surface area contributed by atoms with Crippen LogP contribution in [0.5, 0.6) is 11.5 Å². The van der Waals surface area contributed by atoms with Crippen LogP contribution >= 0.6 is 0 Å². The molecule has 6 heteroatoms. The molecule has 0 unspecified atom stereocenters. The molecule has 0 saturated heterocycles. The molecule has 0 radical (unpaired) electrons. The van der Waals surface area contributed by atoms with Crippen molar-refractivity contribution in [2.45, 2.75) is 20.3 Å². The van der Waals surface area contributed by atoms with Crippen LogP contribution in [-0.2, 0) is 9.59 Å². The second-order valence-electron chi connectivity index (χ2n) is 6.21. The molecular weight excluding hydrogens is 332 g/mol. The Morgan fingerprint density at radius 2 is 1.54 bits per heavy atom. The van der Waals surface area contributed by atoms with Crippen LogP contribution < -0.4 is 20.1 Å². The maximum absolute atomic E-state index is 12.1. The lowest BCUT2D eigenvalue weighted by atomic mass is 10.1. The number of ether oxygens (including phenoxy) is 2. The summed E-state index contributed by atoms with van der Waals surface area (Å²) in [5.74, 6) is 0.990. The standard InChI is InChI=1S/C20H24N2O4/c1-14(2)11-19(23)21-15-7-6-8-16(12-15)22-20(24)13-26-18-10-5-4-9-17(18)25-3/h4-10,12,14H,11,13H2,1-3H3,(H,21,23)(H,22,24). The van der Waals surface area contributed by atoms with E-state index in [4.69, 9.17) is 9.47 Å². The molecule has 2 aromatic rings. The van der Waals surface area contributed by atoms with E-state index < -0.39 is 0 Å². The van der Waals surface area contributed by atoms with Gasteiger partial charge in [0.1, 0.15) is 0 Å². The van der Waals surface area contributed by atoms with Gasteiger partial charge < -0.3 is 20.1 Å². The third-order valence-corrected chi connectivity index (χ3v) is 3.45. The number of carbonyl (C=O) groups excluding carboxylic acids is 2. The van der Waals surface area contributed by atoms with Crippen molar-refractivity contribution in [3.8, 4) is 11.5 Å². The van der Waals surface area contributed by atoms with Crippen LogP contribution in [0.4, 0.5) is 11.4 Å². The van der Waals surface area contributed by atoms with Gasteiger partial charge in [0.15, 0.2) is 18.1 Å². The second-order valence-corrected chi connectivity index (χ2v) is 6.21. The van der Waals surface area contributed by atoms with E-state index in [-0.39, 0.29) is 24.3 Å². The van der Waals surface area contributed by atoms with Crippen molar-refractivity contribution in [3.63, 3.8) is 0 Å². The molecule has 0 aliphatic heterocycles. The second kappa shape index (κ2) is 9.46. The van der Waals surface area contributed by atoms with E-state index in [0.29, 0.717) is 29.3 Å². The minimum Gasteiger partial charge on any atom is -0.493 e. The average molecular weight is 356 g/mol. The van der Waals surface area contributed by atoms with Gasteiger partial charge in [0.2, 0.25) is 5.91 Å². The number of rotatable bonds is 8. The summed E-state index contributed by atoms with van der Waals surface area (Å²) in [6.07, 6.45) is 0.448. The predicted octanol–water partition coefficient (Wildman–Crippen LogP) is 3.70. The first kappa shape index (κ1) is 19.3. The topological polar surface area (TPSA) is 76.7 Å². The lowest BCUT2D eigenvalue weighted by molar-refractivity contribution is -0.118. The van der Waals surface area contributed by atoms with Gasteiger partial charge in [0.25, 0.3) is 5.91 Å². The molecule has 138 valence electrons. The monoisotopic (exact) mass is 356 g/mol. The summed E-state index contributed by atoms with van der Waals surface area (Å²) < 4.78 is 10.7. The SMILES string of the molecule is COc1ccccc1OCC(=O)Nc1cccc(NC(=O)CC(C)C)c1. The van der Waals surface area contributed by atoms with Gasteiger partial charge in [0, 0.05) is 17.8 Å². The quantitative estimate of drug-likeness (QED) is 0.756. The Bertz CT molecular complexity index is 759. The van der Waals surface area contributed by atoms with E-state index in [9.17, 15) is 9.59 Å². The Labute approximate surface area is 153 Å². The Kier molecular flexibility index (Phi) is 7.02. The van der Waals surface area contributed by atoms with Crippen LogP contribution in [-0.4, -0.2) is 25.5 Å². The minimum atomic E-state index is -0.304. The molecule has 0 aliphatic carbocycles. The summed E-state index contributed by atoms with van der Waals surface area (Å²) in [6, 6.07) is 14.1. The minimum absolute atomic E-state index is 0.0528. The molecule has 2 N–H and O–H groups in total. The van der Waals surface area contributed by atoms with Gasteiger partial charge in [-0.25, -0.2) is 0 Å². The highest BCUT2D eigenvalue weighted by Crippen LogP contribution is 2.25. The first-order chi connectivity index (χ1) is 12.5. The van der Waals surface area contributed by atoms with Gasteiger partial charge in [-0.3, -0.25) is 9.59 Å². The summed E-state index contributed by atoms with van der Waals surface area (Å²) in [4.78, 5) is 23.9. The van der Waals surface area contributed by atoms with Gasteiger partial charge in [-0.2, -0.15) is 0 Å². The summed E-state index contributed by atoms with van der Waals surface area (Å²) in [5, 5.41) is 5.57. The predicted molar refractivity (Wildman–Crippen MR) is 102 cm³/mol. The number of benzene rings is 2. The highest BCUT2D eigenvalue weighted by molar-refractivity contribution is 5.94. The van der Waals surface area contributed by atoms with Gasteiger partial charge in [0.05, 0.1) is 7.11 Å². The van der Waals surface area contributed by atoms with E-state index in [0.717, 1.165) is 0 Å². The number of carbonyl (C=O) groups is 2. The Morgan fingerprint density at radius 3 is 2.15 bits per heavy atom. The van der Waals surface area contributed by atoms with Crippen LogP contribution in [0, 0.1) is 5.92 Å². The first-order valence-corrected chi connectivity index (χ1v) is 8.43. The zero-order valence-electron chi connectivity index (χ0n) is 15.2. The Hall–Kier alpha value is -3.02. The van der Waals surface area contributed by atoms with Crippen molar-refractivity contribution >= 4 is 23.2 Å². The number of anilines is 2. The zero-order valence-corrected chi connectivity index (χ0v) is 15.2. The van der Waals surface area contributed by atoms with E-state index in [1.165, 1.54) is 0 Å². The molecule has 0 bridgehead atoms. The molecule has 0 fully saturated rings. The zero-order chi connectivity index (χ0) is 18.9. The third-order valence-electron chi connectivity index (χ3n) is 3.45. The fraction of sp³-hybridized carbons (Fsp3) is 0.300. The number of amides is 2. The maximum Gasteiger partial charge on any atom is 0.262 e. The van der Waals surface area contributed by atoms with Crippen LogP contribution in [0.15, 0.2) is 48.5 Å². The summed E-state index contributed by atoms with van der Waals surface area (Å²) >= 11 is 0. The van der Waals surface area contributed by atoms with Crippen molar-refractivity contribution in [2.75, 3.05) is 24.4 Å². The fourth-order valence-corrected chi connectivity index (χ4v) is 2.34. The first-order valence-electron chi connectivity index (χ1n) is 8.43. The Balaban J connectivity index is 1.90. The van der Waals surface area contributed by atoms with Gasteiger partial charge in [-0.05, 0) is 36.2 Å². The van der Waals surface area contributed by atoms with Gasteiger partial charge in [-0.1, -0.05) is 32.0 Å². The molecule has 0 saturated carbocycles. The number of nitrogens with one attached hydrogen (secondary N) is 2. The normalized spacial score (nSPS) is 10.3. The molecule has 6 nitrogen and oxygen atoms in total. The number of methoxy groups -OCH3 is 1. The smallest absolute Gasteiger partial charge is 0.262 e. The van der Waals surface area contributed by atoms with Crippen LogP contribution in [0.2, 0.25) is 0 Å². The molecule has 0 atom stereocenters. The average Bonchev–Trinajstić information content (AvgIpc) is 2.59. The number of para-hydroxylation sites is 2. The van der Waals surface area contributed by atoms with E-state index in [1.807, 2.05) is 19.9 Å². The fourth-order valence-electron chi connectivity index (χ4n) is 2.34. The largest absolute Gasteiger partial charge is 0.493 e. The lowest BCUT2D eigenvalue weighted by Crippen LogP contribution is -2.20. The molecule has 2 amide bonds. The van der Waals surface area contributed by atoms with Crippen molar-refractivity contribution in [1.29, 1.82) is 0 Å². The molecule has 0 heterocycles. The highest BCUT2D eigenvalue weighted by Gasteiger charge is 2.09. The molecule has 26 heavy (non-hydrogen) atoms. The van der Waals surface area contributed by atoms with Crippen molar-refractivity contribution in [1.82, 2.24) is 0 Å². The third kappa shape index (κ3) is 6.12. The summed E-state index contributed by atoms with van der Waals surface area (Å²) in [6.45, 7) is 3.82. The van der Waals surface area contributed by atoms with Crippen LogP contribution in [0.3, 0.4) is 0 Å². The van der Waals surface area contributed by atoms with Crippen molar-refractivity contribution < 1.29 is 19.1 Å². The molecular formula is C20H24N2O4. The molecule has 0 aliphatic rings. The van der Waals surface area contributed by atoms with Gasteiger partial charge in [-0.15, -0.1) is 0 Å². The Morgan fingerprint density at radius 1 is 0.923 bits per heavy atom. The van der Waals surface area contributed by atoms with E-state index in [2.05, 4.69) is 10.6 Å². The highest BCUT2D eigenvalue weighted by atomic mass is 16.5. The van der Waals surface area contributed by atoms with Gasteiger partial charge >= 0.3 is 0 Å². The van der Waals surface area contributed by atoms with Crippen molar-refractivity contribution in [3.05, 3.63) is 48.5 Å². The summed E-state index contributed by atoms with van der Waals surface area (Å²) in [7, 11) is 1.54. The number of hydrogen-bond acceptors (Lipinski definition) is 4. The van der Waals surface area contributed by atoms with E-state index in [1.54, 1.807) is 49.6 Å². The van der Waals surface area contributed by atoms with Crippen molar-refractivity contribution in [2.24, 2.45) is 5.92 Å². The molecule has 0 aromatic heterocycles.